The predicted molar refractivity (Wildman–Crippen MR) is 86.0 cm³/mol. The maximum Gasteiger partial charge on any atom is 0.279 e. The number of amides is 2. The molecule has 0 spiro atoms. The Morgan fingerprint density at radius 1 is 1.22 bits per heavy atom. The maximum atomic E-state index is 12.3. The number of methoxy groups -OCH3 is 2. The van der Waals surface area contributed by atoms with E-state index in [0.29, 0.717) is 36.8 Å². The van der Waals surface area contributed by atoms with Crippen LogP contribution < -0.4 is 19.7 Å². The summed E-state index contributed by atoms with van der Waals surface area (Å²) in [7, 11) is 3.13. The van der Waals surface area contributed by atoms with Crippen molar-refractivity contribution in [2.24, 2.45) is 0 Å². The summed E-state index contributed by atoms with van der Waals surface area (Å²) >= 11 is 0. The lowest BCUT2D eigenvalue weighted by molar-refractivity contribution is -0.895. The Kier molecular flexibility index (Phi) is 5.81. The summed E-state index contributed by atoms with van der Waals surface area (Å²) in [6, 6.07) is 5.27. The van der Waals surface area contributed by atoms with Crippen LogP contribution in [0.4, 0.5) is 5.69 Å². The molecule has 2 amide bonds. The van der Waals surface area contributed by atoms with E-state index in [1.165, 1.54) is 4.90 Å². The predicted octanol–water partition coefficient (Wildman–Crippen LogP) is -0.611. The Labute approximate surface area is 136 Å². The van der Waals surface area contributed by atoms with Crippen molar-refractivity contribution in [3.05, 3.63) is 18.2 Å². The zero-order valence-corrected chi connectivity index (χ0v) is 13.8. The fraction of sp³-hybridized carbons (Fsp3) is 0.500. The number of anilines is 1. The Morgan fingerprint density at radius 2 is 1.91 bits per heavy atom. The molecule has 0 atom stereocenters. The molecule has 1 aliphatic heterocycles. The smallest absolute Gasteiger partial charge is 0.279 e. The molecular formula is C16H24N3O4+. The molecule has 2 rings (SSSR count). The standard InChI is InChI=1S/C16H23N3O4/c1-12(20)19-8-6-18(7-9-19)11-16(21)17-14-10-13(22-2)4-5-15(14)23-3/h4-5,10H,6-9,11H2,1-3H3,(H,17,21)/p+1. The molecule has 0 radical (unpaired) electrons. The third-order valence-corrected chi connectivity index (χ3v) is 4.01. The molecule has 1 saturated heterocycles. The van der Waals surface area contributed by atoms with Crippen LogP contribution >= 0.6 is 0 Å². The second-order valence-electron chi connectivity index (χ2n) is 5.55. The Balaban J connectivity index is 1.91. The molecule has 1 heterocycles. The van der Waals surface area contributed by atoms with Gasteiger partial charge in [-0.05, 0) is 12.1 Å². The van der Waals surface area contributed by atoms with Crippen molar-refractivity contribution in [1.29, 1.82) is 0 Å². The molecule has 126 valence electrons. The van der Waals surface area contributed by atoms with E-state index in [4.69, 9.17) is 9.47 Å². The first-order valence-electron chi connectivity index (χ1n) is 7.64. The monoisotopic (exact) mass is 322 g/mol. The number of quaternary nitrogens is 1. The van der Waals surface area contributed by atoms with E-state index in [1.807, 2.05) is 4.90 Å². The number of ether oxygens (including phenoxy) is 2. The van der Waals surface area contributed by atoms with Gasteiger partial charge >= 0.3 is 0 Å². The van der Waals surface area contributed by atoms with Crippen LogP contribution in [0.25, 0.3) is 0 Å². The van der Waals surface area contributed by atoms with Gasteiger partial charge in [-0.15, -0.1) is 0 Å². The van der Waals surface area contributed by atoms with Gasteiger partial charge < -0.3 is 24.6 Å². The van der Waals surface area contributed by atoms with E-state index in [2.05, 4.69) is 5.32 Å². The van der Waals surface area contributed by atoms with Gasteiger partial charge in [-0.3, -0.25) is 9.59 Å². The molecule has 2 N–H and O–H groups in total. The lowest BCUT2D eigenvalue weighted by atomic mass is 10.2. The third-order valence-electron chi connectivity index (χ3n) is 4.01. The quantitative estimate of drug-likeness (QED) is 0.759. The Hall–Kier alpha value is -2.28. The zero-order chi connectivity index (χ0) is 16.8. The third kappa shape index (κ3) is 4.59. The molecule has 0 aliphatic carbocycles. The van der Waals surface area contributed by atoms with E-state index in [9.17, 15) is 9.59 Å². The van der Waals surface area contributed by atoms with Gasteiger partial charge in [-0.1, -0.05) is 0 Å². The second kappa shape index (κ2) is 7.82. The lowest BCUT2D eigenvalue weighted by Gasteiger charge is -2.31. The van der Waals surface area contributed by atoms with Crippen LogP contribution in [0.2, 0.25) is 0 Å². The van der Waals surface area contributed by atoms with Gasteiger partial charge in [0.2, 0.25) is 5.91 Å². The minimum Gasteiger partial charge on any atom is -0.497 e. The average Bonchev–Trinajstić information content (AvgIpc) is 2.55. The van der Waals surface area contributed by atoms with Crippen molar-refractivity contribution in [2.75, 3.05) is 52.3 Å². The number of rotatable bonds is 5. The topological polar surface area (TPSA) is 72.3 Å². The summed E-state index contributed by atoms with van der Waals surface area (Å²) in [4.78, 5) is 26.5. The number of hydrogen-bond acceptors (Lipinski definition) is 4. The van der Waals surface area contributed by atoms with Crippen LogP contribution in [-0.4, -0.2) is 63.7 Å². The highest BCUT2D eigenvalue weighted by Gasteiger charge is 2.23. The first-order valence-corrected chi connectivity index (χ1v) is 7.64. The van der Waals surface area contributed by atoms with Crippen LogP contribution in [0, 0.1) is 0 Å². The van der Waals surface area contributed by atoms with Crippen molar-refractivity contribution in [3.8, 4) is 11.5 Å². The molecule has 0 unspecified atom stereocenters. The fourth-order valence-corrected chi connectivity index (χ4v) is 2.65. The average molecular weight is 322 g/mol. The van der Waals surface area contributed by atoms with Crippen molar-refractivity contribution in [2.45, 2.75) is 6.92 Å². The maximum absolute atomic E-state index is 12.3. The minimum absolute atomic E-state index is 0.0807. The van der Waals surface area contributed by atoms with Gasteiger partial charge in [-0.2, -0.15) is 0 Å². The highest BCUT2D eigenvalue weighted by Crippen LogP contribution is 2.28. The molecule has 1 fully saturated rings. The van der Waals surface area contributed by atoms with Crippen molar-refractivity contribution < 1.29 is 24.0 Å². The molecule has 0 aromatic heterocycles. The van der Waals surface area contributed by atoms with Gasteiger partial charge in [0.05, 0.1) is 46.1 Å². The number of carbonyl (C=O) groups excluding carboxylic acids is 2. The number of nitrogens with zero attached hydrogens (tertiary/aromatic N) is 1. The van der Waals surface area contributed by atoms with Crippen molar-refractivity contribution in [1.82, 2.24) is 4.90 Å². The van der Waals surface area contributed by atoms with E-state index in [0.717, 1.165) is 13.1 Å². The molecule has 1 aliphatic rings. The molecule has 1 aromatic carbocycles. The molecule has 23 heavy (non-hydrogen) atoms. The fourth-order valence-electron chi connectivity index (χ4n) is 2.65. The van der Waals surface area contributed by atoms with Crippen LogP contribution in [0.5, 0.6) is 11.5 Å². The van der Waals surface area contributed by atoms with Crippen LogP contribution in [-0.2, 0) is 9.59 Å². The SMILES string of the molecule is COc1ccc(OC)c(NC(=O)C[NH+]2CCN(C(C)=O)CC2)c1. The number of carbonyl (C=O) groups is 2. The molecule has 0 saturated carbocycles. The highest BCUT2D eigenvalue weighted by molar-refractivity contribution is 5.93. The summed E-state index contributed by atoms with van der Waals surface area (Å²) in [6.45, 7) is 4.89. The van der Waals surface area contributed by atoms with E-state index < -0.39 is 0 Å². The minimum atomic E-state index is -0.0807. The molecular weight excluding hydrogens is 298 g/mol. The normalized spacial score (nSPS) is 15.2. The van der Waals surface area contributed by atoms with Gasteiger partial charge in [-0.25, -0.2) is 0 Å². The first-order chi connectivity index (χ1) is 11.0. The number of nitrogens with one attached hydrogen (secondary N) is 2. The van der Waals surface area contributed by atoms with Gasteiger partial charge in [0.1, 0.15) is 11.5 Å². The van der Waals surface area contributed by atoms with Crippen molar-refractivity contribution >= 4 is 17.5 Å². The van der Waals surface area contributed by atoms with E-state index >= 15 is 0 Å². The highest BCUT2D eigenvalue weighted by atomic mass is 16.5. The van der Waals surface area contributed by atoms with E-state index in [1.54, 1.807) is 39.3 Å². The summed E-state index contributed by atoms with van der Waals surface area (Å²) in [5.74, 6) is 1.26. The number of hydrogen-bond donors (Lipinski definition) is 2. The largest absolute Gasteiger partial charge is 0.497 e. The zero-order valence-electron chi connectivity index (χ0n) is 13.8. The lowest BCUT2D eigenvalue weighted by Crippen LogP contribution is -3.15. The van der Waals surface area contributed by atoms with E-state index in [-0.39, 0.29) is 11.8 Å². The van der Waals surface area contributed by atoms with Gasteiger partial charge in [0, 0.05) is 13.0 Å². The summed E-state index contributed by atoms with van der Waals surface area (Å²) in [5, 5.41) is 2.87. The second-order valence-corrected chi connectivity index (χ2v) is 5.55. The number of benzene rings is 1. The summed E-state index contributed by atoms with van der Waals surface area (Å²) in [6.07, 6.45) is 0. The first kappa shape index (κ1) is 17.1. The molecule has 0 bridgehead atoms. The molecule has 7 heteroatoms. The van der Waals surface area contributed by atoms with Crippen LogP contribution in [0.15, 0.2) is 18.2 Å². The van der Waals surface area contributed by atoms with Gasteiger partial charge in [0.25, 0.3) is 5.91 Å². The van der Waals surface area contributed by atoms with Crippen LogP contribution in [0.3, 0.4) is 0 Å². The molecule has 7 nitrogen and oxygen atoms in total. The Morgan fingerprint density at radius 3 is 2.48 bits per heavy atom. The van der Waals surface area contributed by atoms with Crippen LogP contribution in [0.1, 0.15) is 6.92 Å². The molecule has 1 aromatic rings. The summed E-state index contributed by atoms with van der Waals surface area (Å²) < 4.78 is 10.4. The summed E-state index contributed by atoms with van der Waals surface area (Å²) in [5.41, 5.74) is 0.596. The number of piperazine rings is 1. The van der Waals surface area contributed by atoms with Crippen molar-refractivity contribution in [3.63, 3.8) is 0 Å². The van der Waals surface area contributed by atoms with Gasteiger partial charge in [0.15, 0.2) is 6.54 Å². The Bertz CT molecular complexity index is 568.